The van der Waals surface area contributed by atoms with Crippen LogP contribution in [0.1, 0.15) is 36.8 Å². The van der Waals surface area contributed by atoms with Gasteiger partial charge in [-0.05, 0) is 56.7 Å². The van der Waals surface area contributed by atoms with E-state index >= 15 is 0 Å². The maximum atomic E-state index is 9.75. The fourth-order valence-electron chi connectivity index (χ4n) is 2.10. The zero-order valence-corrected chi connectivity index (χ0v) is 9.42. The number of hydrogen-bond acceptors (Lipinski definition) is 2. The molecule has 0 aliphatic heterocycles. The van der Waals surface area contributed by atoms with Crippen molar-refractivity contribution in [1.82, 2.24) is 0 Å². The summed E-state index contributed by atoms with van der Waals surface area (Å²) in [4.78, 5) is 0. The number of aryl methyl sites for hydroxylation is 1. The molecule has 1 aromatic carbocycles. The van der Waals surface area contributed by atoms with E-state index in [4.69, 9.17) is 4.74 Å². The van der Waals surface area contributed by atoms with Crippen molar-refractivity contribution in [2.75, 3.05) is 0 Å². The summed E-state index contributed by atoms with van der Waals surface area (Å²) in [5.74, 6) is 0.951. The van der Waals surface area contributed by atoms with Gasteiger partial charge in [-0.15, -0.1) is 0 Å². The Labute approximate surface area is 90.9 Å². The molecular formula is C13H18O2. The predicted molar refractivity (Wildman–Crippen MR) is 60.5 cm³/mol. The zero-order chi connectivity index (χ0) is 10.8. The van der Waals surface area contributed by atoms with Crippen LogP contribution in [-0.4, -0.2) is 11.2 Å². The third kappa shape index (κ3) is 2.09. The van der Waals surface area contributed by atoms with Crippen molar-refractivity contribution in [2.45, 2.75) is 45.6 Å². The summed E-state index contributed by atoms with van der Waals surface area (Å²) in [6.07, 6.45) is 5.03. The molecule has 0 heterocycles. The van der Waals surface area contributed by atoms with Crippen molar-refractivity contribution >= 4 is 0 Å². The Morgan fingerprint density at radius 3 is 2.53 bits per heavy atom. The first-order valence-electron chi connectivity index (χ1n) is 5.64. The molecule has 0 radical (unpaired) electrons. The number of aromatic hydroxyl groups is 1. The van der Waals surface area contributed by atoms with Gasteiger partial charge >= 0.3 is 0 Å². The van der Waals surface area contributed by atoms with Crippen LogP contribution in [0, 0.1) is 13.8 Å². The Morgan fingerprint density at radius 2 is 1.87 bits per heavy atom. The van der Waals surface area contributed by atoms with Crippen molar-refractivity contribution in [2.24, 2.45) is 0 Å². The highest BCUT2D eigenvalue weighted by Gasteiger charge is 2.19. The molecule has 0 bridgehead atoms. The molecule has 82 valence electrons. The second-order valence-corrected chi connectivity index (χ2v) is 4.38. The number of phenolic OH excluding ortho intramolecular Hbond substituents is 1. The van der Waals surface area contributed by atoms with Crippen LogP contribution in [-0.2, 0) is 0 Å². The van der Waals surface area contributed by atoms with Gasteiger partial charge in [-0.1, -0.05) is 6.07 Å². The SMILES string of the molecule is Cc1ccc(O)c(OC2CCCC2)c1C. The lowest BCUT2D eigenvalue weighted by atomic mass is 10.1. The monoisotopic (exact) mass is 206 g/mol. The van der Waals surface area contributed by atoms with Crippen LogP contribution in [0.15, 0.2) is 12.1 Å². The van der Waals surface area contributed by atoms with Crippen LogP contribution in [0.5, 0.6) is 11.5 Å². The summed E-state index contributed by atoms with van der Waals surface area (Å²) in [5, 5.41) is 9.75. The first kappa shape index (κ1) is 10.3. The van der Waals surface area contributed by atoms with E-state index in [9.17, 15) is 5.11 Å². The predicted octanol–water partition coefficient (Wildman–Crippen LogP) is 3.33. The number of benzene rings is 1. The minimum absolute atomic E-state index is 0.269. The Morgan fingerprint density at radius 1 is 1.20 bits per heavy atom. The van der Waals surface area contributed by atoms with E-state index < -0.39 is 0 Å². The van der Waals surface area contributed by atoms with Crippen molar-refractivity contribution in [3.8, 4) is 11.5 Å². The molecule has 0 unspecified atom stereocenters. The number of phenols is 1. The smallest absolute Gasteiger partial charge is 0.164 e. The quantitative estimate of drug-likeness (QED) is 0.804. The molecule has 1 N–H and O–H groups in total. The molecule has 0 aromatic heterocycles. The highest BCUT2D eigenvalue weighted by Crippen LogP contribution is 2.35. The summed E-state index contributed by atoms with van der Waals surface area (Å²) < 4.78 is 5.87. The van der Waals surface area contributed by atoms with E-state index in [1.165, 1.54) is 18.4 Å². The van der Waals surface area contributed by atoms with Gasteiger partial charge in [0.15, 0.2) is 11.5 Å². The fourth-order valence-corrected chi connectivity index (χ4v) is 2.10. The third-order valence-corrected chi connectivity index (χ3v) is 3.24. The van der Waals surface area contributed by atoms with Gasteiger partial charge in [-0.2, -0.15) is 0 Å². The van der Waals surface area contributed by atoms with Gasteiger partial charge < -0.3 is 9.84 Å². The lowest BCUT2D eigenvalue weighted by Crippen LogP contribution is -2.12. The third-order valence-electron chi connectivity index (χ3n) is 3.24. The lowest BCUT2D eigenvalue weighted by molar-refractivity contribution is 0.200. The zero-order valence-electron chi connectivity index (χ0n) is 9.42. The molecule has 0 saturated heterocycles. The van der Waals surface area contributed by atoms with E-state index in [1.54, 1.807) is 6.07 Å². The van der Waals surface area contributed by atoms with Crippen LogP contribution < -0.4 is 4.74 Å². The first-order chi connectivity index (χ1) is 7.18. The van der Waals surface area contributed by atoms with Crippen LogP contribution in [0.3, 0.4) is 0 Å². The minimum atomic E-state index is 0.269. The van der Waals surface area contributed by atoms with E-state index in [-0.39, 0.29) is 5.75 Å². The van der Waals surface area contributed by atoms with Gasteiger partial charge in [0.2, 0.25) is 0 Å². The molecule has 1 saturated carbocycles. The van der Waals surface area contributed by atoms with Gasteiger partial charge in [0.25, 0.3) is 0 Å². The number of rotatable bonds is 2. The second kappa shape index (κ2) is 4.13. The maximum absolute atomic E-state index is 9.75. The standard InChI is InChI=1S/C13H18O2/c1-9-7-8-12(14)13(10(9)2)15-11-5-3-4-6-11/h7-8,11,14H,3-6H2,1-2H3. The fraction of sp³-hybridized carbons (Fsp3) is 0.538. The van der Waals surface area contributed by atoms with E-state index in [2.05, 4.69) is 0 Å². The Hall–Kier alpha value is -1.18. The molecular weight excluding hydrogens is 188 g/mol. The van der Waals surface area contributed by atoms with Crippen molar-refractivity contribution in [1.29, 1.82) is 0 Å². The maximum Gasteiger partial charge on any atom is 0.164 e. The molecule has 1 aromatic rings. The molecule has 2 nitrogen and oxygen atoms in total. The first-order valence-corrected chi connectivity index (χ1v) is 5.64. The number of ether oxygens (including phenoxy) is 1. The molecule has 2 rings (SSSR count). The van der Waals surface area contributed by atoms with E-state index in [1.807, 2.05) is 19.9 Å². The van der Waals surface area contributed by atoms with Gasteiger partial charge in [0.1, 0.15) is 0 Å². The molecule has 1 fully saturated rings. The lowest BCUT2D eigenvalue weighted by Gasteiger charge is -2.17. The van der Waals surface area contributed by atoms with E-state index in [0.717, 1.165) is 18.4 Å². The normalized spacial score (nSPS) is 16.9. The van der Waals surface area contributed by atoms with Crippen LogP contribution >= 0.6 is 0 Å². The van der Waals surface area contributed by atoms with Gasteiger partial charge in [0, 0.05) is 0 Å². The van der Waals surface area contributed by atoms with Gasteiger partial charge in [0.05, 0.1) is 6.10 Å². The Kier molecular flexibility index (Phi) is 2.85. The largest absolute Gasteiger partial charge is 0.504 e. The van der Waals surface area contributed by atoms with Crippen molar-refractivity contribution < 1.29 is 9.84 Å². The highest BCUT2D eigenvalue weighted by atomic mass is 16.5. The molecule has 2 heteroatoms. The van der Waals surface area contributed by atoms with Crippen LogP contribution in [0.25, 0.3) is 0 Å². The van der Waals surface area contributed by atoms with Gasteiger partial charge in [-0.25, -0.2) is 0 Å². The van der Waals surface area contributed by atoms with Crippen molar-refractivity contribution in [3.63, 3.8) is 0 Å². The average Bonchev–Trinajstić information content (AvgIpc) is 2.71. The number of hydrogen-bond donors (Lipinski definition) is 1. The molecule has 0 atom stereocenters. The molecule has 15 heavy (non-hydrogen) atoms. The molecule has 0 amide bonds. The van der Waals surface area contributed by atoms with Crippen LogP contribution in [0.4, 0.5) is 0 Å². The van der Waals surface area contributed by atoms with Crippen molar-refractivity contribution in [3.05, 3.63) is 23.3 Å². The molecule has 1 aliphatic rings. The minimum Gasteiger partial charge on any atom is -0.504 e. The summed E-state index contributed by atoms with van der Waals surface area (Å²) in [6.45, 7) is 4.04. The summed E-state index contributed by atoms with van der Waals surface area (Å²) >= 11 is 0. The second-order valence-electron chi connectivity index (χ2n) is 4.38. The summed E-state index contributed by atoms with van der Waals surface area (Å²) in [7, 11) is 0. The Balaban J connectivity index is 2.22. The average molecular weight is 206 g/mol. The summed E-state index contributed by atoms with van der Waals surface area (Å²) in [5.41, 5.74) is 2.22. The highest BCUT2D eigenvalue weighted by molar-refractivity contribution is 5.48. The molecule has 0 spiro atoms. The molecule has 1 aliphatic carbocycles. The topological polar surface area (TPSA) is 29.5 Å². The van der Waals surface area contributed by atoms with Crippen LogP contribution in [0.2, 0.25) is 0 Å². The summed E-state index contributed by atoms with van der Waals surface area (Å²) in [6, 6.07) is 3.64. The van der Waals surface area contributed by atoms with E-state index in [0.29, 0.717) is 11.9 Å². The van der Waals surface area contributed by atoms with Gasteiger partial charge in [-0.3, -0.25) is 0 Å². The Bertz CT molecular complexity index is 352.